The highest BCUT2D eigenvalue weighted by atomic mass is 14.7. The second-order valence-electron chi connectivity index (χ2n) is 11.5. The van der Waals surface area contributed by atoms with Crippen LogP contribution in [0.5, 0.6) is 0 Å². The number of H-pyrrole nitrogens is 1. The molecule has 1 heteroatoms. The molecule has 3 aliphatic carbocycles. The van der Waals surface area contributed by atoms with Crippen molar-refractivity contribution >= 4 is 10.8 Å². The molecule has 0 radical (unpaired) electrons. The quantitative estimate of drug-likeness (QED) is 0.243. The van der Waals surface area contributed by atoms with Crippen molar-refractivity contribution in [2.24, 2.45) is 0 Å². The monoisotopic (exact) mass is 499 g/mol. The molecule has 1 aromatic heterocycles. The number of fused-ring (bicyclic) bond motifs is 6. The van der Waals surface area contributed by atoms with E-state index in [0.717, 1.165) is 0 Å². The molecule has 2 unspecified atom stereocenters. The van der Waals surface area contributed by atoms with Gasteiger partial charge in [0.15, 0.2) is 0 Å². The van der Waals surface area contributed by atoms with Crippen LogP contribution >= 0.6 is 0 Å². The Bertz CT molecular complexity index is 1770. The van der Waals surface area contributed by atoms with Gasteiger partial charge in [-0.05, 0) is 90.4 Å². The average molecular weight is 500 g/mol. The molecule has 6 aromatic rings. The summed E-state index contributed by atoms with van der Waals surface area (Å²) in [5.74, 6) is 0.812. The number of aromatic nitrogens is 1. The summed E-state index contributed by atoms with van der Waals surface area (Å²) in [6, 6.07) is 36.3. The highest BCUT2D eigenvalue weighted by Gasteiger charge is 2.42. The Balaban J connectivity index is 1.55. The number of rotatable bonds is 2. The summed E-state index contributed by atoms with van der Waals surface area (Å²) >= 11 is 0. The zero-order valence-corrected chi connectivity index (χ0v) is 21.9. The molecule has 0 spiro atoms. The van der Waals surface area contributed by atoms with Gasteiger partial charge in [-0.1, -0.05) is 110 Å². The Labute approximate surface area is 229 Å². The fourth-order valence-electron chi connectivity index (χ4n) is 8.22. The van der Waals surface area contributed by atoms with E-state index in [0.29, 0.717) is 11.8 Å². The molecule has 0 aliphatic heterocycles. The van der Waals surface area contributed by atoms with E-state index in [2.05, 4.69) is 114 Å². The molecule has 0 fully saturated rings. The van der Waals surface area contributed by atoms with Crippen molar-refractivity contribution in [2.45, 2.75) is 37.5 Å². The number of aromatic amines is 1. The molecular formula is C38H29N. The van der Waals surface area contributed by atoms with E-state index in [4.69, 9.17) is 0 Å². The first-order valence-electron chi connectivity index (χ1n) is 14.4. The van der Waals surface area contributed by atoms with Gasteiger partial charge >= 0.3 is 0 Å². The van der Waals surface area contributed by atoms with Crippen LogP contribution in [0, 0.1) is 0 Å². The Morgan fingerprint density at radius 1 is 0.487 bits per heavy atom. The molecule has 5 aromatic carbocycles. The Morgan fingerprint density at radius 3 is 1.46 bits per heavy atom. The van der Waals surface area contributed by atoms with E-state index in [9.17, 15) is 0 Å². The Kier molecular flexibility index (Phi) is 4.46. The summed E-state index contributed by atoms with van der Waals surface area (Å²) < 4.78 is 0. The molecule has 0 amide bonds. The van der Waals surface area contributed by atoms with Crippen molar-refractivity contribution < 1.29 is 0 Å². The van der Waals surface area contributed by atoms with Crippen molar-refractivity contribution in [3.8, 4) is 44.5 Å². The van der Waals surface area contributed by atoms with Gasteiger partial charge in [0.25, 0.3) is 0 Å². The lowest BCUT2D eigenvalue weighted by atomic mass is 9.63. The van der Waals surface area contributed by atoms with Gasteiger partial charge in [0.2, 0.25) is 0 Å². The summed E-state index contributed by atoms with van der Waals surface area (Å²) in [7, 11) is 0. The van der Waals surface area contributed by atoms with Crippen molar-refractivity contribution in [3.63, 3.8) is 0 Å². The lowest BCUT2D eigenvalue weighted by Gasteiger charge is -2.39. The lowest BCUT2D eigenvalue weighted by Crippen LogP contribution is -2.22. The Hall–Kier alpha value is -4.36. The molecule has 0 saturated heterocycles. The van der Waals surface area contributed by atoms with E-state index in [1.165, 1.54) is 92.1 Å². The van der Waals surface area contributed by atoms with Crippen LogP contribution in [0.25, 0.3) is 55.3 Å². The largest absolute Gasteiger partial charge is 0.367 e. The van der Waals surface area contributed by atoms with Gasteiger partial charge in [-0.25, -0.2) is 0 Å². The number of nitrogens with one attached hydrogen (secondary N) is 1. The van der Waals surface area contributed by atoms with E-state index in [-0.39, 0.29) is 0 Å². The van der Waals surface area contributed by atoms with E-state index >= 15 is 0 Å². The maximum atomic E-state index is 3.54. The van der Waals surface area contributed by atoms with Gasteiger partial charge in [0.1, 0.15) is 0 Å². The minimum absolute atomic E-state index is 0.406. The van der Waals surface area contributed by atoms with Crippen molar-refractivity contribution in [3.05, 3.63) is 132 Å². The second-order valence-corrected chi connectivity index (χ2v) is 11.5. The summed E-state index contributed by atoms with van der Waals surface area (Å²) in [4.78, 5) is 3.54. The fraction of sp³-hybridized carbons (Fsp3) is 0.158. The smallest absolute Gasteiger partial charge is 0.0117 e. The number of hydrogen-bond acceptors (Lipinski definition) is 0. The van der Waals surface area contributed by atoms with Gasteiger partial charge < -0.3 is 4.98 Å². The third-order valence-corrected chi connectivity index (χ3v) is 9.64. The van der Waals surface area contributed by atoms with Gasteiger partial charge in [0, 0.05) is 24.2 Å². The summed E-state index contributed by atoms with van der Waals surface area (Å²) in [5, 5.41) is 2.75. The van der Waals surface area contributed by atoms with Gasteiger partial charge in [-0.2, -0.15) is 0 Å². The molecule has 1 nitrogen and oxygen atoms in total. The van der Waals surface area contributed by atoms with Gasteiger partial charge in [-0.3, -0.25) is 0 Å². The predicted molar refractivity (Wildman–Crippen MR) is 162 cm³/mol. The van der Waals surface area contributed by atoms with Crippen LogP contribution in [0.3, 0.4) is 0 Å². The molecule has 0 saturated carbocycles. The lowest BCUT2D eigenvalue weighted by molar-refractivity contribution is 0.519. The number of benzene rings is 5. The van der Waals surface area contributed by atoms with E-state index in [1.807, 2.05) is 0 Å². The predicted octanol–water partition coefficient (Wildman–Crippen LogP) is 10.3. The van der Waals surface area contributed by atoms with Crippen LogP contribution in [-0.4, -0.2) is 4.98 Å². The minimum Gasteiger partial charge on any atom is -0.367 e. The van der Waals surface area contributed by atoms with Crippen molar-refractivity contribution in [2.75, 3.05) is 0 Å². The zero-order chi connectivity index (χ0) is 25.5. The third-order valence-electron chi connectivity index (χ3n) is 9.64. The molecule has 186 valence electrons. The first kappa shape index (κ1) is 21.6. The molecule has 3 aliphatic rings. The maximum absolute atomic E-state index is 3.54. The first-order valence-corrected chi connectivity index (χ1v) is 14.4. The molecule has 1 heterocycles. The van der Waals surface area contributed by atoms with Crippen LogP contribution in [0.15, 0.2) is 109 Å². The van der Waals surface area contributed by atoms with Crippen molar-refractivity contribution in [1.29, 1.82) is 0 Å². The summed E-state index contributed by atoms with van der Waals surface area (Å²) in [6.07, 6.45) is 9.59. The Morgan fingerprint density at radius 2 is 0.974 bits per heavy atom. The topological polar surface area (TPSA) is 15.8 Å². The second kappa shape index (κ2) is 8.07. The van der Waals surface area contributed by atoms with Crippen LogP contribution in [0.1, 0.15) is 59.8 Å². The van der Waals surface area contributed by atoms with Crippen LogP contribution in [0.2, 0.25) is 0 Å². The molecule has 1 N–H and O–H groups in total. The SMILES string of the molecule is c1ccc(-c2c3c(c(-c4ccccc4)c4c2C2CCCCC4c4c[nH]cc42)-c2cccc4cccc-3c24)cc1. The fourth-order valence-corrected chi connectivity index (χ4v) is 8.22. The highest BCUT2D eigenvalue weighted by molar-refractivity contribution is 6.22. The van der Waals surface area contributed by atoms with Gasteiger partial charge in [-0.15, -0.1) is 0 Å². The van der Waals surface area contributed by atoms with Crippen molar-refractivity contribution in [1.82, 2.24) is 4.98 Å². The van der Waals surface area contributed by atoms with Crippen LogP contribution in [-0.2, 0) is 0 Å². The molecular weight excluding hydrogens is 470 g/mol. The number of hydrogen-bond donors (Lipinski definition) is 1. The van der Waals surface area contributed by atoms with Crippen LogP contribution in [0.4, 0.5) is 0 Å². The minimum atomic E-state index is 0.406. The van der Waals surface area contributed by atoms with Gasteiger partial charge in [0.05, 0.1) is 0 Å². The molecule has 9 rings (SSSR count). The average Bonchev–Trinajstić information content (AvgIpc) is 3.58. The van der Waals surface area contributed by atoms with Crippen LogP contribution < -0.4 is 0 Å². The van der Waals surface area contributed by atoms with E-state index in [1.54, 1.807) is 11.1 Å². The third kappa shape index (κ3) is 2.85. The maximum Gasteiger partial charge on any atom is 0.0117 e. The summed E-state index contributed by atoms with van der Waals surface area (Å²) in [6.45, 7) is 0. The normalized spacial score (nSPS) is 18.4. The summed E-state index contributed by atoms with van der Waals surface area (Å²) in [5.41, 5.74) is 17.5. The standard InChI is InChI=1S/C38H29N/c1-3-11-24(12-4-1)33-35-26-17-7-8-18-27(31-22-39-21-30(26)31)36(35)34(25-13-5-2-6-14-25)38-29-20-10-16-23-15-9-19-28(32(23)29)37(33)38/h1-6,9-16,19-22,26-27,39H,7-8,17-18H2. The zero-order valence-electron chi connectivity index (χ0n) is 21.9. The molecule has 2 atom stereocenters. The van der Waals surface area contributed by atoms with E-state index < -0.39 is 0 Å². The molecule has 39 heavy (non-hydrogen) atoms. The molecule has 2 bridgehead atoms. The first-order chi connectivity index (χ1) is 19.4. The highest BCUT2D eigenvalue weighted by Crippen LogP contribution is 2.63.